The third-order valence-corrected chi connectivity index (χ3v) is 6.72. The van der Waals surface area contributed by atoms with Crippen molar-refractivity contribution in [3.63, 3.8) is 0 Å². The summed E-state index contributed by atoms with van der Waals surface area (Å²) >= 11 is 0. The molecule has 192 valence electrons. The molecule has 0 aliphatic carbocycles. The maximum atomic E-state index is 13.3. The molecule has 0 radical (unpaired) electrons. The molecular formula is C28H30N4O5. The Labute approximate surface area is 215 Å². The topological polar surface area (TPSA) is 117 Å². The van der Waals surface area contributed by atoms with Gasteiger partial charge in [0.05, 0.1) is 11.6 Å². The maximum Gasteiger partial charge on any atom is 0.299 e. The maximum absolute atomic E-state index is 13.3. The summed E-state index contributed by atoms with van der Waals surface area (Å²) in [7, 11) is 3.31. The summed E-state index contributed by atoms with van der Waals surface area (Å²) in [6, 6.07) is 12.7. The van der Waals surface area contributed by atoms with Crippen LogP contribution in [0.5, 0.6) is 0 Å². The Hall–Kier alpha value is -4.27. The number of aromatic nitrogens is 2. The predicted molar refractivity (Wildman–Crippen MR) is 139 cm³/mol. The largest absolute Gasteiger partial charge is 0.507 e. The lowest BCUT2D eigenvalue weighted by atomic mass is 9.87. The van der Waals surface area contributed by atoms with Crippen molar-refractivity contribution in [3.8, 4) is 11.4 Å². The van der Waals surface area contributed by atoms with Gasteiger partial charge in [-0.25, -0.2) is 0 Å². The highest BCUT2D eigenvalue weighted by Crippen LogP contribution is 2.39. The molecule has 9 heteroatoms. The average Bonchev–Trinajstić information content (AvgIpc) is 3.45. The molecule has 1 aliphatic heterocycles. The average molecular weight is 503 g/mol. The first-order chi connectivity index (χ1) is 17.7. The number of amides is 2. The second-order valence-corrected chi connectivity index (χ2v) is 9.25. The third-order valence-electron chi connectivity index (χ3n) is 6.72. The number of anilines is 1. The molecule has 1 saturated heterocycles. The molecule has 2 aromatic carbocycles. The summed E-state index contributed by atoms with van der Waals surface area (Å²) in [6.45, 7) is 5.70. The molecule has 0 bridgehead atoms. The summed E-state index contributed by atoms with van der Waals surface area (Å²) in [5, 5.41) is 15.2. The van der Waals surface area contributed by atoms with Crippen LogP contribution in [0.25, 0.3) is 17.1 Å². The van der Waals surface area contributed by atoms with Crippen LogP contribution >= 0.6 is 0 Å². The fourth-order valence-electron chi connectivity index (χ4n) is 4.69. The Bertz CT molecular complexity index is 1350. The van der Waals surface area contributed by atoms with Gasteiger partial charge >= 0.3 is 0 Å². The molecule has 37 heavy (non-hydrogen) atoms. The second kappa shape index (κ2) is 10.4. The number of rotatable bonds is 7. The van der Waals surface area contributed by atoms with E-state index in [1.54, 1.807) is 69.6 Å². The van der Waals surface area contributed by atoms with Gasteiger partial charge in [0.1, 0.15) is 5.76 Å². The summed E-state index contributed by atoms with van der Waals surface area (Å²) < 4.78 is 5.05. The first-order valence-corrected chi connectivity index (χ1v) is 12.2. The van der Waals surface area contributed by atoms with Gasteiger partial charge in [-0.1, -0.05) is 44.0 Å². The zero-order chi connectivity index (χ0) is 26.9. The smallest absolute Gasteiger partial charge is 0.299 e. The Morgan fingerprint density at radius 3 is 2.14 bits per heavy atom. The molecule has 2 heterocycles. The van der Waals surface area contributed by atoms with E-state index in [-0.39, 0.29) is 23.2 Å². The number of aliphatic hydroxyl groups excluding tert-OH is 1. The Morgan fingerprint density at radius 1 is 1.03 bits per heavy atom. The molecule has 1 atom stereocenters. The highest BCUT2D eigenvalue weighted by atomic mass is 16.5. The minimum Gasteiger partial charge on any atom is -0.507 e. The van der Waals surface area contributed by atoms with Gasteiger partial charge in [0, 0.05) is 43.4 Å². The van der Waals surface area contributed by atoms with Crippen molar-refractivity contribution in [2.45, 2.75) is 39.7 Å². The van der Waals surface area contributed by atoms with E-state index < -0.39 is 17.7 Å². The molecule has 2 amide bonds. The van der Waals surface area contributed by atoms with Crippen molar-refractivity contribution in [3.05, 3.63) is 71.1 Å². The minimum absolute atomic E-state index is 0.0679. The SMILES string of the molecule is CCC(CC)C1/C(=C(/O)c2ccc(C(=O)N(C)C)cc2)C(=O)C(=O)N1c1ccc(-c2noc(C)n2)cc1. The Balaban J connectivity index is 1.76. The Morgan fingerprint density at radius 2 is 1.62 bits per heavy atom. The summed E-state index contributed by atoms with van der Waals surface area (Å²) in [4.78, 5) is 46.0. The van der Waals surface area contributed by atoms with Gasteiger partial charge in [0.2, 0.25) is 11.7 Å². The predicted octanol–water partition coefficient (Wildman–Crippen LogP) is 4.44. The first-order valence-electron chi connectivity index (χ1n) is 12.2. The van der Waals surface area contributed by atoms with Crippen molar-refractivity contribution < 1.29 is 24.0 Å². The molecule has 9 nitrogen and oxygen atoms in total. The van der Waals surface area contributed by atoms with Gasteiger partial charge in [-0.05, 0) is 42.3 Å². The van der Waals surface area contributed by atoms with Gasteiger partial charge < -0.3 is 14.5 Å². The van der Waals surface area contributed by atoms with Crippen LogP contribution < -0.4 is 4.90 Å². The number of benzene rings is 2. The number of nitrogens with zero attached hydrogens (tertiary/aromatic N) is 4. The van der Waals surface area contributed by atoms with E-state index in [0.717, 1.165) is 0 Å². The number of hydrogen-bond donors (Lipinski definition) is 1. The number of ketones is 1. The third kappa shape index (κ3) is 4.76. The molecule has 1 aliphatic rings. The van der Waals surface area contributed by atoms with Crippen molar-refractivity contribution in [1.82, 2.24) is 15.0 Å². The molecule has 0 spiro atoms. The van der Waals surface area contributed by atoms with Crippen LogP contribution in [0.3, 0.4) is 0 Å². The van der Waals surface area contributed by atoms with E-state index >= 15 is 0 Å². The normalized spacial score (nSPS) is 17.0. The number of carbonyl (C=O) groups is 3. The van der Waals surface area contributed by atoms with Crippen LogP contribution in [0.2, 0.25) is 0 Å². The van der Waals surface area contributed by atoms with Crippen molar-refractivity contribution in [2.75, 3.05) is 19.0 Å². The zero-order valence-corrected chi connectivity index (χ0v) is 21.6. The van der Waals surface area contributed by atoms with E-state index in [0.29, 0.717) is 46.9 Å². The van der Waals surface area contributed by atoms with E-state index in [9.17, 15) is 19.5 Å². The number of hydrogen-bond acceptors (Lipinski definition) is 7. The van der Waals surface area contributed by atoms with Crippen LogP contribution in [-0.4, -0.2) is 57.9 Å². The highest BCUT2D eigenvalue weighted by molar-refractivity contribution is 6.51. The second-order valence-electron chi connectivity index (χ2n) is 9.25. The van der Waals surface area contributed by atoms with Crippen LogP contribution in [0.4, 0.5) is 5.69 Å². The number of aliphatic hydroxyl groups is 1. The van der Waals surface area contributed by atoms with Gasteiger partial charge in [-0.15, -0.1) is 0 Å². The van der Waals surface area contributed by atoms with E-state index in [2.05, 4.69) is 10.1 Å². The van der Waals surface area contributed by atoms with Gasteiger partial charge in [-0.2, -0.15) is 4.98 Å². The molecule has 0 saturated carbocycles. The molecule has 3 aromatic rings. The van der Waals surface area contributed by atoms with Crippen molar-refractivity contribution in [2.24, 2.45) is 5.92 Å². The first kappa shape index (κ1) is 25.8. The zero-order valence-electron chi connectivity index (χ0n) is 21.6. The summed E-state index contributed by atoms with van der Waals surface area (Å²) in [6.07, 6.45) is 1.40. The van der Waals surface area contributed by atoms with Crippen LogP contribution in [0.15, 0.2) is 58.6 Å². The number of carbonyl (C=O) groups excluding carboxylic acids is 3. The number of Topliss-reactive ketones (excluding diaryl/α,β-unsaturated/α-hetero) is 1. The van der Waals surface area contributed by atoms with Gasteiger partial charge in [-0.3, -0.25) is 19.3 Å². The monoisotopic (exact) mass is 502 g/mol. The molecule has 1 unspecified atom stereocenters. The van der Waals surface area contributed by atoms with Crippen molar-refractivity contribution >= 4 is 29.0 Å². The van der Waals surface area contributed by atoms with Gasteiger partial charge in [0.15, 0.2) is 0 Å². The summed E-state index contributed by atoms with van der Waals surface area (Å²) in [5.74, 6) is -1.05. The fourth-order valence-corrected chi connectivity index (χ4v) is 4.69. The lowest BCUT2D eigenvalue weighted by Crippen LogP contribution is -2.39. The molecule has 1 N–H and O–H groups in total. The highest BCUT2D eigenvalue weighted by Gasteiger charge is 2.48. The molecule has 4 rings (SSSR count). The van der Waals surface area contributed by atoms with E-state index in [1.165, 1.54) is 9.80 Å². The summed E-state index contributed by atoms with van der Waals surface area (Å²) in [5.41, 5.74) is 2.14. The molecule has 1 fully saturated rings. The van der Waals surface area contributed by atoms with E-state index in [4.69, 9.17) is 4.52 Å². The molecular weight excluding hydrogens is 472 g/mol. The minimum atomic E-state index is -0.735. The van der Waals surface area contributed by atoms with Crippen LogP contribution in [0, 0.1) is 12.8 Å². The van der Waals surface area contributed by atoms with Gasteiger partial charge in [0.25, 0.3) is 17.6 Å². The number of aryl methyl sites for hydroxylation is 1. The Kier molecular flexibility index (Phi) is 7.24. The van der Waals surface area contributed by atoms with Crippen molar-refractivity contribution in [1.29, 1.82) is 0 Å². The molecule has 1 aromatic heterocycles. The lowest BCUT2D eigenvalue weighted by Gasteiger charge is -2.31. The van der Waals surface area contributed by atoms with Crippen LogP contribution in [0.1, 0.15) is 48.5 Å². The quantitative estimate of drug-likeness (QED) is 0.288. The van der Waals surface area contributed by atoms with Crippen LogP contribution in [-0.2, 0) is 9.59 Å². The fraction of sp³-hybridized carbons (Fsp3) is 0.321. The van der Waals surface area contributed by atoms with E-state index in [1.807, 2.05) is 13.8 Å². The standard InChI is InChI=1S/C28H30N4O5/c1-6-17(7-2)23-22(24(33)18-8-10-20(11-9-18)27(35)31(4)5)25(34)28(36)32(23)21-14-12-19(13-15-21)26-29-16(3)37-30-26/h8-15,17,23,33H,6-7H2,1-5H3/b24-22-. The lowest BCUT2D eigenvalue weighted by molar-refractivity contribution is -0.132.